The fourth-order valence-electron chi connectivity index (χ4n) is 3.80. The Labute approximate surface area is 155 Å². The topological polar surface area (TPSA) is 29.0 Å². The van der Waals surface area contributed by atoms with Crippen LogP contribution in [-0.4, -0.2) is 23.1 Å². The van der Waals surface area contributed by atoms with Gasteiger partial charge in [-0.1, -0.05) is 26.0 Å². The quantitative estimate of drug-likeness (QED) is 0.543. The number of halogens is 2. The molecule has 2 aromatic heterocycles. The van der Waals surface area contributed by atoms with E-state index in [1.807, 2.05) is 0 Å². The molecule has 1 aromatic carbocycles. The smallest absolute Gasteiger partial charge is 0.225 e. The number of hydrogen-bond donors (Lipinski definition) is 0. The fraction of sp³-hybridized carbons (Fsp3) is 0.368. The number of thiophene rings is 1. The summed E-state index contributed by atoms with van der Waals surface area (Å²) in [5.74, 6) is 1.89. The van der Waals surface area contributed by atoms with Crippen LogP contribution in [0.1, 0.15) is 20.3 Å². The van der Waals surface area contributed by atoms with E-state index in [9.17, 15) is 4.39 Å². The number of benzene rings is 1. The van der Waals surface area contributed by atoms with Gasteiger partial charge >= 0.3 is 0 Å². The average Bonchev–Trinajstić information content (AvgIpc) is 2.97. The molecule has 2 atom stereocenters. The van der Waals surface area contributed by atoms with Crippen molar-refractivity contribution in [1.29, 1.82) is 0 Å². The molecule has 0 spiro atoms. The SMILES string of the molecule is CC1CC(C)CN(c2nc(Cl)nc3scc(-c4ccc(F)cc4)c23)C1. The summed E-state index contributed by atoms with van der Waals surface area (Å²) in [5.41, 5.74) is 2.01. The molecule has 4 rings (SSSR count). The first kappa shape index (κ1) is 16.7. The van der Waals surface area contributed by atoms with Gasteiger partial charge in [-0.25, -0.2) is 9.37 Å². The second-order valence-corrected chi connectivity index (χ2v) is 8.20. The van der Waals surface area contributed by atoms with Crippen molar-refractivity contribution in [1.82, 2.24) is 9.97 Å². The Hall–Kier alpha value is -1.72. The van der Waals surface area contributed by atoms with Crippen LogP contribution in [0.25, 0.3) is 21.3 Å². The number of aromatic nitrogens is 2. The van der Waals surface area contributed by atoms with Gasteiger partial charge in [0.1, 0.15) is 16.5 Å². The molecule has 3 aromatic rings. The highest BCUT2D eigenvalue weighted by atomic mass is 35.5. The maximum Gasteiger partial charge on any atom is 0.225 e. The largest absolute Gasteiger partial charge is 0.355 e. The Bertz CT molecular complexity index is 899. The van der Waals surface area contributed by atoms with E-state index in [1.165, 1.54) is 18.6 Å². The Balaban J connectivity index is 1.88. The highest BCUT2D eigenvalue weighted by Crippen LogP contribution is 2.40. The number of fused-ring (bicyclic) bond motifs is 1. The molecule has 3 heterocycles. The predicted octanol–water partition coefficient (Wildman–Crippen LogP) is 5.63. The molecule has 0 radical (unpaired) electrons. The van der Waals surface area contributed by atoms with Crippen molar-refractivity contribution in [3.8, 4) is 11.1 Å². The number of piperidine rings is 1. The van der Waals surface area contributed by atoms with Crippen LogP contribution in [-0.2, 0) is 0 Å². The van der Waals surface area contributed by atoms with E-state index in [1.54, 1.807) is 23.5 Å². The van der Waals surface area contributed by atoms with Crippen molar-refractivity contribution in [3.63, 3.8) is 0 Å². The Morgan fingerprint density at radius 2 is 1.80 bits per heavy atom. The molecule has 1 fully saturated rings. The highest BCUT2D eigenvalue weighted by Gasteiger charge is 2.26. The third-order valence-corrected chi connectivity index (χ3v) is 5.75. The summed E-state index contributed by atoms with van der Waals surface area (Å²) in [6.07, 6.45) is 1.23. The van der Waals surface area contributed by atoms with Crippen LogP contribution in [0.3, 0.4) is 0 Å². The van der Waals surface area contributed by atoms with Crippen LogP contribution >= 0.6 is 22.9 Å². The second kappa shape index (κ2) is 6.54. The lowest BCUT2D eigenvalue weighted by Gasteiger charge is -2.36. The number of rotatable bonds is 2. The van der Waals surface area contributed by atoms with Gasteiger partial charge in [0.25, 0.3) is 0 Å². The third kappa shape index (κ3) is 3.23. The van der Waals surface area contributed by atoms with E-state index < -0.39 is 0 Å². The summed E-state index contributed by atoms with van der Waals surface area (Å²) in [6, 6.07) is 6.58. The van der Waals surface area contributed by atoms with E-state index in [0.29, 0.717) is 11.8 Å². The lowest BCUT2D eigenvalue weighted by Crippen LogP contribution is -2.39. The molecular weight excluding hydrogens is 357 g/mol. The first-order chi connectivity index (χ1) is 12.0. The van der Waals surface area contributed by atoms with Gasteiger partial charge < -0.3 is 4.90 Å². The molecule has 0 N–H and O–H groups in total. The molecule has 25 heavy (non-hydrogen) atoms. The Morgan fingerprint density at radius 3 is 2.48 bits per heavy atom. The molecule has 0 saturated carbocycles. The number of hydrogen-bond acceptors (Lipinski definition) is 4. The zero-order chi connectivity index (χ0) is 17.6. The van der Waals surface area contributed by atoms with Crippen LogP contribution in [0.15, 0.2) is 29.6 Å². The van der Waals surface area contributed by atoms with Gasteiger partial charge in [-0.15, -0.1) is 11.3 Å². The van der Waals surface area contributed by atoms with Gasteiger partial charge in [-0.05, 0) is 47.6 Å². The minimum atomic E-state index is -0.235. The third-order valence-electron chi connectivity index (χ3n) is 4.71. The molecule has 130 valence electrons. The van der Waals surface area contributed by atoms with E-state index in [0.717, 1.165) is 40.3 Å². The van der Waals surface area contributed by atoms with Gasteiger partial charge in [0.15, 0.2) is 0 Å². The summed E-state index contributed by atoms with van der Waals surface area (Å²) in [4.78, 5) is 12.2. The molecule has 0 amide bonds. The van der Waals surface area contributed by atoms with Gasteiger partial charge in [0.2, 0.25) is 5.28 Å². The maximum atomic E-state index is 13.3. The van der Waals surface area contributed by atoms with Crippen LogP contribution < -0.4 is 4.90 Å². The van der Waals surface area contributed by atoms with Crippen molar-refractivity contribution >= 4 is 39.0 Å². The normalized spacial score (nSPS) is 21.0. The molecule has 1 aliphatic rings. The van der Waals surface area contributed by atoms with Crippen LogP contribution in [0.5, 0.6) is 0 Å². The molecule has 1 saturated heterocycles. The van der Waals surface area contributed by atoms with Gasteiger partial charge in [-0.3, -0.25) is 0 Å². The second-order valence-electron chi connectivity index (χ2n) is 7.00. The summed E-state index contributed by atoms with van der Waals surface area (Å²) in [5, 5.41) is 3.35. The van der Waals surface area contributed by atoms with Crippen LogP contribution in [0, 0.1) is 17.7 Å². The molecule has 1 aliphatic heterocycles. The van der Waals surface area contributed by atoms with Gasteiger partial charge in [0.05, 0.1) is 5.39 Å². The lowest BCUT2D eigenvalue weighted by atomic mass is 9.91. The Kier molecular flexibility index (Phi) is 4.38. The van der Waals surface area contributed by atoms with Gasteiger partial charge in [0, 0.05) is 24.0 Å². The van der Waals surface area contributed by atoms with Crippen molar-refractivity contribution in [2.75, 3.05) is 18.0 Å². The maximum absolute atomic E-state index is 13.3. The van der Waals surface area contributed by atoms with Crippen molar-refractivity contribution in [3.05, 3.63) is 40.7 Å². The molecule has 3 nitrogen and oxygen atoms in total. The molecule has 0 aliphatic carbocycles. The summed E-state index contributed by atoms with van der Waals surface area (Å²) in [6.45, 7) is 6.48. The van der Waals surface area contributed by atoms with Crippen LogP contribution in [0.2, 0.25) is 5.28 Å². The van der Waals surface area contributed by atoms with E-state index >= 15 is 0 Å². The summed E-state index contributed by atoms with van der Waals surface area (Å²) in [7, 11) is 0. The molecular formula is C19H19ClFN3S. The van der Waals surface area contributed by atoms with E-state index in [2.05, 4.69) is 34.1 Å². The first-order valence-corrected chi connectivity index (χ1v) is 9.72. The standard InChI is InChI=1S/C19H19ClFN3S/c1-11-7-12(2)9-24(8-11)17-16-15(13-3-5-14(21)6-4-13)10-25-18(16)23-19(20)22-17/h3-6,10-12H,7-9H2,1-2H3. The monoisotopic (exact) mass is 375 g/mol. The zero-order valence-corrected chi connectivity index (χ0v) is 15.7. The lowest BCUT2D eigenvalue weighted by molar-refractivity contribution is 0.356. The zero-order valence-electron chi connectivity index (χ0n) is 14.2. The number of anilines is 1. The Morgan fingerprint density at radius 1 is 1.12 bits per heavy atom. The van der Waals surface area contributed by atoms with Crippen LogP contribution in [0.4, 0.5) is 10.2 Å². The minimum Gasteiger partial charge on any atom is -0.355 e. The van der Waals surface area contributed by atoms with Crippen molar-refractivity contribution in [2.45, 2.75) is 20.3 Å². The summed E-state index contributed by atoms with van der Waals surface area (Å²) < 4.78 is 13.3. The van der Waals surface area contributed by atoms with Crippen molar-refractivity contribution in [2.24, 2.45) is 11.8 Å². The van der Waals surface area contributed by atoms with Gasteiger partial charge in [-0.2, -0.15) is 4.98 Å². The molecule has 6 heteroatoms. The van der Waals surface area contributed by atoms with E-state index in [4.69, 9.17) is 11.6 Å². The van der Waals surface area contributed by atoms with E-state index in [-0.39, 0.29) is 11.1 Å². The van der Waals surface area contributed by atoms with Crippen molar-refractivity contribution < 1.29 is 4.39 Å². The molecule has 0 bridgehead atoms. The predicted molar refractivity (Wildman–Crippen MR) is 103 cm³/mol. The minimum absolute atomic E-state index is 0.235. The highest BCUT2D eigenvalue weighted by molar-refractivity contribution is 7.17. The number of nitrogens with zero attached hydrogens (tertiary/aromatic N) is 3. The first-order valence-electron chi connectivity index (χ1n) is 8.47. The average molecular weight is 376 g/mol. The fourth-order valence-corrected chi connectivity index (χ4v) is 4.96. The molecule has 2 unspecified atom stereocenters. The summed E-state index contributed by atoms with van der Waals surface area (Å²) >= 11 is 7.75.